The van der Waals surface area contributed by atoms with Gasteiger partial charge in [0.25, 0.3) is 10.0 Å². The molecular weight excluding hydrogens is 464 g/mol. The summed E-state index contributed by atoms with van der Waals surface area (Å²) in [5.74, 6) is 1.67. The monoisotopic (exact) mass is 490 g/mol. The zero-order valence-electron chi connectivity index (χ0n) is 18.2. The molecule has 0 bridgehead atoms. The smallest absolute Gasteiger partial charge is 0.252 e. The van der Waals surface area contributed by atoms with Crippen LogP contribution >= 0.6 is 22.7 Å². The fourth-order valence-corrected chi connectivity index (χ4v) is 7.65. The van der Waals surface area contributed by atoms with Gasteiger partial charge in [0.05, 0.1) is 15.6 Å². The number of hydrogen-bond acceptors (Lipinski definition) is 9. The molecule has 11 heteroatoms. The van der Waals surface area contributed by atoms with Gasteiger partial charge in [-0.05, 0) is 38.8 Å². The van der Waals surface area contributed by atoms with Gasteiger partial charge in [0.15, 0.2) is 0 Å². The minimum atomic E-state index is -3.53. The van der Waals surface area contributed by atoms with E-state index in [0.29, 0.717) is 36.3 Å². The largest absolute Gasteiger partial charge is 0.356 e. The van der Waals surface area contributed by atoms with Gasteiger partial charge in [0.2, 0.25) is 5.95 Å². The molecule has 2 aliphatic heterocycles. The zero-order chi connectivity index (χ0) is 22.3. The molecule has 0 amide bonds. The Morgan fingerprint density at radius 1 is 0.906 bits per heavy atom. The molecule has 170 valence electrons. The van der Waals surface area contributed by atoms with Crippen LogP contribution in [0, 0.1) is 13.8 Å². The molecule has 0 radical (unpaired) electrons. The van der Waals surface area contributed by atoms with Crippen LogP contribution in [0.25, 0.3) is 10.6 Å². The minimum Gasteiger partial charge on any atom is -0.356 e. The normalized spacial score (nSPS) is 17.9. The number of thiazole rings is 1. The predicted molar refractivity (Wildman–Crippen MR) is 129 cm³/mol. The molecule has 32 heavy (non-hydrogen) atoms. The lowest BCUT2D eigenvalue weighted by molar-refractivity contribution is 0.383. The quantitative estimate of drug-likeness (QED) is 0.542. The molecular formula is C21H26N6O2S3. The second-order valence-electron chi connectivity index (χ2n) is 8.12. The van der Waals surface area contributed by atoms with Crippen LogP contribution in [-0.2, 0) is 10.0 Å². The number of hydrogen-bond donors (Lipinski definition) is 0. The average molecular weight is 491 g/mol. The Bertz CT molecular complexity index is 1210. The second kappa shape index (κ2) is 8.69. The molecule has 0 aliphatic carbocycles. The molecule has 3 aromatic rings. The van der Waals surface area contributed by atoms with Gasteiger partial charge in [-0.25, -0.2) is 18.4 Å². The molecule has 5 rings (SSSR count). The summed E-state index contributed by atoms with van der Waals surface area (Å²) in [6.07, 6.45) is 2.39. The van der Waals surface area contributed by atoms with Gasteiger partial charge in [-0.15, -0.1) is 22.7 Å². The number of sulfonamides is 1. The Balaban J connectivity index is 1.29. The van der Waals surface area contributed by atoms with Gasteiger partial charge in [0, 0.05) is 56.4 Å². The van der Waals surface area contributed by atoms with Crippen LogP contribution in [0.15, 0.2) is 27.8 Å². The number of rotatable bonds is 5. The Morgan fingerprint density at radius 3 is 2.34 bits per heavy atom. The Morgan fingerprint density at radius 2 is 1.66 bits per heavy atom. The Hall–Kier alpha value is -2.08. The fourth-order valence-electron chi connectivity index (χ4n) is 4.11. The van der Waals surface area contributed by atoms with Crippen molar-refractivity contribution in [1.82, 2.24) is 19.3 Å². The van der Waals surface area contributed by atoms with Gasteiger partial charge in [-0.2, -0.15) is 9.29 Å². The first-order valence-corrected chi connectivity index (χ1v) is 13.9. The molecule has 0 atom stereocenters. The average Bonchev–Trinajstić information content (AvgIpc) is 3.55. The van der Waals surface area contributed by atoms with Crippen molar-refractivity contribution >= 4 is 44.5 Å². The van der Waals surface area contributed by atoms with E-state index in [1.165, 1.54) is 24.2 Å². The van der Waals surface area contributed by atoms with E-state index in [4.69, 9.17) is 4.98 Å². The van der Waals surface area contributed by atoms with Gasteiger partial charge in [-0.1, -0.05) is 0 Å². The minimum absolute atomic E-state index is 0.370. The fraction of sp³-hybridized carbons (Fsp3) is 0.476. The van der Waals surface area contributed by atoms with E-state index in [1.807, 2.05) is 31.4 Å². The highest BCUT2D eigenvalue weighted by Crippen LogP contribution is 2.33. The predicted octanol–water partition coefficient (Wildman–Crippen LogP) is 3.39. The first-order chi connectivity index (χ1) is 15.4. The first kappa shape index (κ1) is 21.7. The second-order valence-corrected chi connectivity index (χ2v) is 12.4. The molecule has 0 N–H and O–H groups in total. The van der Waals surface area contributed by atoms with Crippen LogP contribution in [-0.4, -0.2) is 66.9 Å². The highest BCUT2D eigenvalue weighted by atomic mass is 32.2. The third-order valence-electron chi connectivity index (χ3n) is 5.83. The van der Waals surface area contributed by atoms with Crippen molar-refractivity contribution in [2.24, 2.45) is 0 Å². The van der Waals surface area contributed by atoms with Crippen molar-refractivity contribution in [3.05, 3.63) is 34.3 Å². The van der Waals surface area contributed by atoms with Crippen molar-refractivity contribution in [2.45, 2.75) is 30.9 Å². The van der Waals surface area contributed by atoms with E-state index in [9.17, 15) is 8.42 Å². The summed E-state index contributed by atoms with van der Waals surface area (Å²) in [5.41, 5.74) is 1.78. The lowest BCUT2D eigenvalue weighted by Crippen LogP contribution is -2.49. The Labute approximate surface area is 196 Å². The molecule has 0 unspecified atom stereocenters. The third-order valence-corrected chi connectivity index (χ3v) is 10.1. The van der Waals surface area contributed by atoms with E-state index in [0.717, 1.165) is 40.2 Å². The maximum absolute atomic E-state index is 13.2. The summed E-state index contributed by atoms with van der Waals surface area (Å²) in [4.78, 5) is 19.2. The van der Waals surface area contributed by atoms with E-state index < -0.39 is 10.0 Å². The van der Waals surface area contributed by atoms with Crippen molar-refractivity contribution in [3.63, 3.8) is 0 Å². The number of anilines is 2. The molecule has 2 saturated heterocycles. The third kappa shape index (κ3) is 4.26. The first-order valence-electron chi connectivity index (χ1n) is 10.8. The van der Waals surface area contributed by atoms with Gasteiger partial charge >= 0.3 is 0 Å². The number of nitrogens with zero attached hydrogens (tertiary/aromatic N) is 6. The van der Waals surface area contributed by atoms with Crippen LogP contribution in [0.3, 0.4) is 0 Å². The summed E-state index contributed by atoms with van der Waals surface area (Å²) in [5, 5.41) is 2.94. The molecule has 2 aliphatic rings. The van der Waals surface area contributed by atoms with Gasteiger partial charge in [0.1, 0.15) is 10.0 Å². The topological polar surface area (TPSA) is 82.5 Å². The molecule has 0 saturated carbocycles. The molecule has 0 spiro atoms. The summed E-state index contributed by atoms with van der Waals surface area (Å²) in [7, 11) is -3.53. The number of aromatic nitrogens is 3. The highest BCUT2D eigenvalue weighted by molar-refractivity contribution is 7.91. The lowest BCUT2D eigenvalue weighted by atomic mass is 10.3. The molecule has 8 nitrogen and oxygen atoms in total. The van der Waals surface area contributed by atoms with E-state index in [-0.39, 0.29) is 0 Å². The highest BCUT2D eigenvalue weighted by Gasteiger charge is 2.31. The SMILES string of the molecule is Cc1cc(N2CCCC2)nc(N2CCN(S(=O)(=O)c3ccc(-c4csc(C)n4)s3)CC2)n1. The van der Waals surface area contributed by atoms with Crippen LogP contribution < -0.4 is 9.80 Å². The number of piperazine rings is 1. The summed E-state index contributed by atoms with van der Waals surface area (Å²) in [6.45, 7) is 7.99. The van der Waals surface area contributed by atoms with Crippen molar-refractivity contribution < 1.29 is 8.42 Å². The maximum Gasteiger partial charge on any atom is 0.252 e. The molecule has 2 fully saturated rings. The van der Waals surface area contributed by atoms with Crippen LogP contribution in [0.1, 0.15) is 23.5 Å². The van der Waals surface area contributed by atoms with Crippen molar-refractivity contribution in [1.29, 1.82) is 0 Å². The van der Waals surface area contributed by atoms with Gasteiger partial charge < -0.3 is 9.80 Å². The van der Waals surface area contributed by atoms with E-state index in [1.54, 1.807) is 21.7 Å². The van der Waals surface area contributed by atoms with Crippen LogP contribution in [0.2, 0.25) is 0 Å². The molecule has 3 aromatic heterocycles. The standard InChI is InChI=1S/C21H26N6O2S3/c1-15-13-19(25-7-3-4-8-25)24-21(22-15)26-9-11-27(12-10-26)32(28,29)20-6-5-18(31-20)17-14-30-16(2)23-17/h5-6,13-14H,3-4,7-12H2,1-2H3. The summed E-state index contributed by atoms with van der Waals surface area (Å²) >= 11 is 2.85. The molecule has 5 heterocycles. The zero-order valence-corrected chi connectivity index (χ0v) is 20.6. The Kier molecular flexibility index (Phi) is 5.91. The van der Waals surface area contributed by atoms with E-state index in [2.05, 4.69) is 19.8 Å². The number of thiophene rings is 1. The lowest BCUT2D eigenvalue weighted by Gasteiger charge is -2.34. The van der Waals surface area contributed by atoms with Crippen LogP contribution in [0.5, 0.6) is 0 Å². The van der Waals surface area contributed by atoms with Crippen LogP contribution in [0.4, 0.5) is 11.8 Å². The van der Waals surface area contributed by atoms with Gasteiger partial charge in [-0.3, -0.25) is 0 Å². The van der Waals surface area contributed by atoms with E-state index >= 15 is 0 Å². The number of aryl methyl sites for hydroxylation is 2. The maximum atomic E-state index is 13.2. The molecule has 0 aromatic carbocycles. The summed E-state index contributed by atoms with van der Waals surface area (Å²) in [6, 6.07) is 5.58. The van der Waals surface area contributed by atoms with Crippen molar-refractivity contribution in [2.75, 3.05) is 49.1 Å². The van der Waals surface area contributed by atoms with Crippen molar-refractivity contribution in [3.8, 4) is 10.6 Å². The summed E-state index contributed by atoms with van der Waals surface area (Å²) < 4.78 is 28.4.